The van der Waals surface area contributed by atoms with E-state index in [1.54, 1.807) is 0 Å². The van der Waals surface area contributed by atoms with Crippen LogP contribution in [0.3, 0.4) is 0 Å². The van der Waals surface area contributed by atoms with Crippen molar-refractivity contribution in [3.8, 4) is 11.5 Å². The van der Waals surface area contributed by atoms with Crippen molar-refractivity contribution in [2.75, 3.05) is 6.79 Å². The Kier molecular flexibility index (Phi) is 2.28. The monoisotopic (exact) mass is 238 g/mol. The molecular formula is C9H10N4O2S. The molecule has 1 aromatic rings. The third-order valence-electron chi connectivity index (χ3n) is 2.39. The highest BCUT2D eigenvalue weighted by molar-refractivity contribution is 7.80. The summed E-state index contributed by atoms with van der Waals surface area (Å²) in [6, 6.07) is 5.76. The second kappa shape index (κ2) is 3.78. The van der Waals surface area contributed by atoms with Gasteiger partial charge < -0.3 is 9.47 Å². The van der Waals surface area contributed by atoms with Gasteiger partial charge in [0.2, 0.25) is 6.79 Å². The summed E-state index contributed by atoms with van der Waals surface area (Å²) in [6.07, 6.45) is -0.0822. The van der Waals surface area contributed by atoms with Crippen molar-refractivity contribution >= 4 is 17.3 Å². The van der Waals surface area contributed by atoms with Gasteiger partial charge in [-0.3, -0.25) is 10.9 Å². The summed E-state index contributed by atoms with van der Waals surface area (Å²) >= 11 is 4.90. The van der Waals surface area contributed by atoms with Crippen LogP contribution in [0.5, 0.6) is 11.5 Å². The highest BCUT2D eigenvalue weighted by Crippen LogP contribution is 2.33. The van der Waals surface area contributed by atoms with Gasteiger partial charge in [-0.1, -0.05) is 6.07 Å². The van der Waals surface area contributed by atoms with Crippen LogP contribution < -0.4 is 31.2 Å². The summed E-state index contributed by atoms with van der Waals surface area (Å²) in [4.78, 5) is 0. The smallest absolute Gasteiger partial charge is 0.231 e. The molecule has 2 heterocycles. The molecule has 7 heteroatoms. The lowest BCUT2D eigenvalue weighted by molar-refractivity contribution is 0.174. The van der Waals surface area contributed by atoms with Crippen molar-refractivity contribution in [3.05, 3.63) is 23.8 Å². The largest absolute Gasteiger partial charge is 0.454 e. The number of hydrogen-bond acceptors (Lipinski definition) is 5. The number of nitrogens with one attached hydrogen (secondary N) is 4. The Morgan fingerprint density at radius 2 is 1.88 bits per heavy atom. The van der Waals surface area contributed by atoms with E-state index in [0.717, 1.165) is 17.1 Å². The van der Waals surface area contributed by atoms with E-state index in [9.17, 15) is 0 Å². The van der Waals surface area contributed by atoms with E-state index < -0.39 is 0 Å². The van der Waals surface area contributed by atoms with Crippen LogP contribution in [0.2, 0.25) is 0 Å². The average molecular weight is 238 g/mol. The summed E-state index contributed by atoms with van der Waals surface area (Å²) < 4.78 is 10.5. The standard InChI is InChI=1S/C9H10N4O2S/c16-9-12-10-8(11-13-9)5-1-2-6-7(3-5)15-4-14-6/h1-3,8,10-11H,4H2,(H2,12,13,16). The van der Waals surface area contributed by atoms with E-state index in [1.165, 1.54) is 0 Å². The lowest BCUT2D eigenvalue weighted by atomic mass is 10.1. The van der Waals surface area contributed by atoms with Crippen molar-refractivity contribution in [2.45, 2.75) is 6.17 Å². The number of hydrogen-bond donors (Lipinski definition) is 4. The third-order valence-corrected chi connectivity index (χ3v) is 2.59. The molecule has 84 valence electrons. The van der Waals surface area contributed by atoms with E-state index in [1.807, 2.05) is 18.2 Å². The Bertz CT molecular complexity index is 430. The fraction of sp³-hybridized carbons (Fsp3) is 0.222. The van der Waals surface area contributed by atoms with Gasteiger partial charge in [0.25, 0.3) is 0 Å². The summed E-state index contributed by atoms with van der Waals surface area (Å²) in [5.41, 5.74) is 12.7. The molecule has 1 aromatic carbocycles. The molecule has 0 amide bonds. The zero-order valence-electron chi connectivity index (χ0n) is 8.24. The molecule has 0 radical (unpaired) electrons. The van der Waals surface area contributed by atoms with Crippen LogP contribution in [0.4, 0.5) is 0 Å². The van der Waals surface area contributed by atoms with E-state index in [2.05, 4.69) is 21.7 Å². The molecule has 2 aliphatic rings. The molecule has 4 N–H and O–H groups in total. The lowest BCUT2D eigenvalue weighted by Crippen LogP contribution is -2.61. The van der Waals surface area contributed by atoms with E-state index in [0.29, 0.717) is 5.11 Å². The Morgan fingerprint density at radius 1 is 1.12 bits per heavy atom. The molecule has 1 fully saturated rings. The molecule has 1 saturated heterocycles. The Labute approximate surface area is 97.2 Å². The van der Waals surface area contributed by atoms with Crippen LogP contribution in [0.1, 0.15) is 11.7 Å². The van der Waals surface area contributed by atoms with Gasteiger partial charge in [0.15, 0.2) is 16.6 Å². The minimum Gasteiger partial charge on any atom is -0.454 e. The predicted molar refractivity (Wildman–Crippen MR) is 60.4 cm³/mol. The fourth-order valence-electron chi connectivity index (χ4n) is 1.60. The van der Waals surface area contributed by atoms with Gasteiger partial charge in [-0.05, 0) is 29.9 Å². The highest BCUT2D eigenvalue weighted by Gasteiger charge is 2.19. The second-order valence-corrected chi connectivity index (χ2v) is 3.82. The number of fused-ring (bicyclic) bond motifs is 1. The van der Waals surface area contributed by atoms with Crippen LogP contribution in [-0.2, 0) is 0 Å². The second-order valence-electron chi connectivity index (χ2n) is 3.41. The predicted octanol–water partition coefficient (Wildman–Crippen LogP) is -0.0992. The topological polar surface area (TPSA) is 66.6 Å². The molecule has 0 bridgehead atoms. The summed E-state index contributed by atoms with van der Waals surface area (Å²) in [7, 11) is 0. The molecule has 2 aliphatic heterocycles. The van der Waals surface area contributed by atoms with E-state index >= 15 is 0 Å². The lowest BCUT2D eigenvalue weighted by Gasteiger charge is -2.28. The highest BCUT2D eigenvalue weighted by atomic mass is 32.1. The normalized spacial score (nSPS) is 19.1. The van der Waals surface area contributed by atoms with Crippen LogP contribution in [-0.4, -0.2) is 11.9 Å². The number of rotatable bonds is 1. The van der Waals surface area contributed by atoms with Crippen molar-refractivity contribution in [3.63, 3.8) is 0 Å². The SMILES string of the molecule is S=C1NNC(c2ccc3c(c2)OCO3)NN1. The van der Waals surface area contributed by atoms with Crippen molar-refractivity contribution in [2.24, 2.45) is 0 Å². The zero-order chi connectivity index (χ0) is 11.0. The molecule has 0 aliphatic carbocycles. The Balaban J connectivity index is 1.82. The van der Waals surface area contributed by atoms with Gasteiger partial charge in [0, 0.05) is 0 Å². The third kappa shape index (κ3) is 1.64. The fourth-order valence-corrected chi connectivity index (χ4v) is 1.72. The van der Waals surface area contributed by atoms with Crippen LogP contribution >= 0.6 is 12.2 Å². The van der Waals surface area contributed by atoms with E-state index in [-0.39, 0.29) is 13.0 Å². The quantitative estimate of drug-likeness (QED) is 0.509. The van der Waals surface area contributed by atoms with Crippen molar-refractivity contribution in [1.82, 2.24) is 21.7 Å². The molecule has 3 rings (SSSR count). The summed E-state index contributed by atoms with van der Waals surface area (Å²) in [5, 5.41) is 0.511. The molecule has 0 unspecified atom stereocenters. The average Bonchev–Trinajstić information content (AvgIpc) is 2.77. The number of thiocarbonyl (C=S) groups is 1. The minimum atomic E-state index is -0.0822. The molecule has 0 atom stereocenters. The summed E-state index contributed by atoms with van der Waals surface area (Å²) in [5.74, 6) is 1.53. The van der Waals surface area contributed by atoms with Gasteiger partial charge in [-0.2, -0.15) is 0 Å². The maximum Gasteiger partial charge on any atom is 0.231 e. The molecule has 16 heavy (non-hydrogen) atoms. The molecule has 0 aromatic heterocycles. The first-order valence-electron chi connectivity index (χ1n) is 4.79. The number of ether oxygens (including phenoxy) is 2. The van der Waals surface area contributed by atoms with Crippen molar-refractivity contribution in [1.29, 1.82) is 0 Å². The Morgan fingerprint density at radius 3 is 2.69 bits per heavy atom. The molecule has 6 nitrogen and oxygen atoms in total. The maximum absolute atomic E-state index is 5.31. The summed E-state index contributed by atoms with van der Waals surface area (Å²) in [6.45, 7) is 0.283. The first-order chi connectivity index (χ1) is 7.83. The van der Waals surface area contributed by atoms with Gasteiger partial charge in [0.05, 0.1) is 0 Å². The first kappa shape index (κ1) is 9.64. The molecule has 0 spiro atoms. The van der Waals surface area contributed by atoms with E-state index in [4.69, 9.17) is 21.7 Å². The first-order valence-corrected chi connectivity index (χ1v) is 5.20. The van der Waals surface area contributed by atoms with Gasteiger partial charge >= 0.3 is 0 Å². The van der Waals surface area contributed by atoms with Crippen molar-refractivity contribution < 1.29 is 9.47 Å². The molecular weight excluding hydrogens is 228 g/mol. The number of hydrazine groups is 2. The zero-order valence-corrected chi connectivity index (χ0v) is 9.06. The van der Waals surface area contributed by atoms with Crippen LogP contribution in [0, 0.1) is 0 Å². The minimum absolute atomic E-state index is 0.0822. The van der Waals surface area contributed by atoms with Crippen LogP contribution in [0.25, 0.3) is 0 Å². The maximum atomic E-state index is 5.31. The number of benzene rings is 1. The van der Waals surface area contributed by atoms with Gasteiger partial charge in [0.1, 0.15) is 6.17 Å². The molecule has 0 saturated carbocycles. The van der Waals surface area contributed by atoms with Gasteiger partial charge in [-0.25, -0.2) is 10.9 Å². The van der Waals surface area contributed by atoms with Gasteiger partial charge in [-0.15, -0.1) is 0 Å². The van der Waals surface area contributed by atoms with Crippen LogP contribution in [0.15, 0.2) is 18.2 Å². The Hall–Kier alpha value is -1.57.